The molecular weight excluding hydrogens is 302 g/mol. The summed E-state index contributed by atoms with van der Waals surface area (Å²) >= 11 is 0. The number of rotatable bonds is 3. The van der Waals surface area contributed by atoms with Gasteiger partial charge in [-0.15, -0.1) is 0 Å². The molecule has 7 nitrogen and oxygen atoms in total. The minimum atomic E-state index is -3.09. The zero-order valence-electron chi connectivity index (χ0n) is 12.7. The maximum Gasteiger partial charge on any atom is 0.211 e. The van der Waals surface area contributed by atoms with Gasteiger partial charge in [-0.2, -0.15) is 0 Å². The quantitative estimate of drug-likeness (QED) is 0.843. The van der Waals surface area contributed by atoms with Crippen LogP contribution in [0.4, 0.5) is 0 Å². The molecule has 0 atom stereocenters. The maximum absolute atomic E-state index is 11.5. The van der Waals surface area contributed by atoms with E-state index in [0.29, 0.717) is 13.1 Å². The highest BCUT2D eigenvalue weighted by atomic mass is 32.2. The van der Waals surface area contributed by atoms with Gasteiger partial charge in [-0.3, -0.25) is 4.98 Å². The van der Waals surface area contributed by atoms with Crippen LogP contribution in [0.5, 0.6) is 0 Å². The predicted molar refractivity (Wildman–Crippen MR) is 82.6 cm³/mol. The molecule has 2 aromatic heterocycles. The van der Waals surface area contributed by atoms with Crippen molar-refractivity contribution in [3.05, 3.63) is 30.5 Å². The van der Waals surface area contributed by atoms with Crippen LogP contribution in [0.2, 0.25) is 0 Å². The number of aromatic nitrogens is 4. The second-order valence-corrected chi connectivity index (χ2v) is 7.61. The second-order valence-electron chi connectivity index (χ2n) is 5.62. The lowest BCUT2D eigenvalue weighted by Gasteiger charge is -2.29. The third-order valence-corrected chi connectivity index (χ3v) is 5.37. The molecule has 2 aromatic rings. The molecule has 3 rings (SSSR count). The van der Waals surface area contributed by atoms with Crippen LogP contribution in [0.3, 0.4) is 0 Å². The van der Waals surface area contributed by atoms with Crippen LogP contribution in [-0.4, -0.2) is 51.6 Å². The van der Waals surface area contributed by atoms with Crippen molar-refractivity contribution in [2.45, 2.75) is 18.8 Å². The average molecular weight is 321 g/mol. The first-order valence-electron chi connectivity index (χ1n) is 7.20. The Morgan fingerprint density at radius 3 is 2.36 bits per heavy atom. The zero-order chi connectivity index (χ0) is 15.7. The van der Waals surface area contributed by atoms with Crippen molar-refractivity contribution in [2.75, 3.05) is 19.3 Å². The van der Waals surface area contributed by atoms with Crippen molar-refractivity contribution >= 4 is 10.0 Å². The van der Waals surface area contributed by atoms with Gasteiger partial charge >= 0.3 is 0 Å². The molecule has 0 aliphatic carbocycles. The third-order valence-electron chi connectivity index (χ3n) is 4.06. The summed E-state index contributed by atoms with van der Waals surface area (Å²) in [5.74, 6) is 1.05. The Labute approximate surface area is 130 Å². The first kappa shape index (κ1) is 15.1. The van der Waals surface area contributed by atoms with Crippen LogP contribution in [0.25, 0.3) is 11.5 Å². The van der Waals surface area contributed by atoms with Gasteiger partial charge in [0.25, 0.3) is 0 Å². The summed E-state index contributed by atoms with van der Waals surface area (Å²) in [4.78, 5) is 13.2. The largest absolute Gasteiger partial charge is 0.333 e. The van der Waals surface area contributed by atoms with Crippen molar-refractivity contribution in [1.29, 1.82) is 0 Å². The van der Waals surface area contributed by atoms with Crippen LogP contribution in [0.1, 0.15) is 24.5 Å². The highest BCUT2D eigenvalue weighted by Crippen LogP contribution is 2.27. The molecule has 0 radical (unpaired) electrons. The summed E-state index contributed by atoms with van der Waals surface area (Å²) in [5.41, 5.74) is 1.66. The predicted octanol–water partition coefficient (Wildman–Crippen LogP) is 1.02. The Kier molecular flexibility index (Phi) is 3.96. The fourth-order valence-electron chi connectivity index (χ4n) is 2.76. The van der Waals surface area contributed by atoms with Crippen molar-refractivity contribution in [2.24, 2.45) is 7.05 Å². The van der Waals surface area contributed by atoms with E-state index in [4.69, 9.17) is 0 Å². The number of hydrogen-bond acceptors (Lipinski definition) is 5. The molecule has 8 heteroatoms. The average Bonchev–Trinajstić information content (AvgIpc) is 2.93. The molecule has 0 N–H and O–H groups in total. The van der Waals surface area contributed by atoms with E-state index in [0.717, 1.165) is 30.1 Å². The molecular formula is C14H19N5O2S. The van der Waals surface area contributed by atoms with E-state index < -0.39 is 10.0 Å². The Hall–Kier alpha value is -1.80. The first-order valence-corrected chi connectivity index (χ1v) is 9.05. The van der Waals surface area contributed by atoms with E-state index in [1.165, 1.54) is 10.6 Å². The molecule has 1 aliphatic rings. The second kappa shape index (κ2) is 5.77. The number of sulfonamides is 1. The summed E-state index contributed by atoms with van der Waals surface area (Å²) < 4.78 is 26.5. The first-order chi connectivity index (χ1) is 10.4. The standard InChI is InChI=1S/C14H19N5O2S/c1-18-8-5-15-14(18)13-10-16-12(9-17-13)11-3-6-19(7-4-11)22(2,20)21/h5,8-11H,3-4,6-7H2,1-2H3. The molecule has 118 valence electrons. The van der Waals surface area contributed by atoms with Gasteiger partial charge < -0.3 is 4.57 Å². The van der Waals surface area contributed by atoms with Crippen LogP contribution in [0, 0.1) is 0 Å². The molecule has 1 fully saturated rings. The lowest BCUT2D eigenvalue weighted by molar-refractivity contribution is 0.318. The van der Waals surface area contributed by atoms with Gasteiger partial charge in [0.05, 0.1) is 18.1 Å². The Bertz CT molecular complexity index is 746. The highest BCUT2D eigenvalue weighted by Gasteiger charge is 2.26. The maximum atomic E-state index is 11.5. The van der Waals surface area contributed by atoms with Gasteiger partial charge in [0.15, 0.2) is 5.82 Å². The van der Waals surface area contributed by atoms with Gasteiger partial charge in [0.2, 0.25) is 10.0 Å². The lowest BCUT2D eigenvalue weighted by Crippen LogP contribution is -2.37. The van der Waals surface area contributed by atoms with Gasteiger partial charge in [0, 0.05) is 44.6 Å². The fourth-order valence-corrected chi connectivity index (χ4v) is 3.63. The molecule has 0 amide bonds. The van der Waals surface area contributed by atoms with Gasteiger partial charge in [-0.25, -0.2) is 22.7 Å². The van der Waals surface area contributed by atoms with Crippen LogP contribution >= 0.6 is 0 Å². The molecule has 1 saturated heterocycles. The molecule has 0 saturated carbocycles. The molecule has 3 heterocycles. The summed E-state index contributed by atoms with van der Waals surface area (Å²) in [5, 5.41) is 0. The molecule has 22 heavy (non-hydrogen) atoms. The van der Waals surface area contributed by atoms with E-state index >= 15 is 0 Å². The molecule has 0 unspecified atom stereocenters. The monoisotopic (exact) mass is 321 g/mol. The summed E-state index contributed by atoms with van der Waals surface area (Å²) in [7, 11) is -1.17. The van der Waals surface area contributed by atoms with Gasteiger partial charge in [0.1, 0.15) is 5.69 Å². The SMILES string of the molecule is Cn1ccnc1-c1cnc(C2CCN(S(C)(=O)=O)CC2)cn1. The molecule has 0 bridgehead atoms. The van der Waals surface area contributed by atoms with Crippen molar-refractivity contribution in [1.82, 2.24) is 23.8 Å². The summed E-state index contributed by atoms with van der Waals surface area (Å²) in [6, 6.07) is 0. The van der Waals surface area contributed by atoms with E-state index in [2.05, 4.69) is 15.0 Å². The Morgan fingerprint density at radius 1 is 1.14 bits per heavy atom. The molecule has 1 aliphatic heterocycles. The fraction of sp³-hybridized carbons (Fsp3) is 0.500. The Morgan fingerprint density at radius 2 is 1.86 bits per heavy atom. The van der Waals surface area contributed by atoms with Crippen LogP contribution in [-0.2, 0) is 17.1 Å². The van der Waals surface area contributed by atoms with Gasteiger partial charge in [-0.1, -0.05) is 0 Å². The minimum absolute atomic E-state index is 0.265. The Balaban J connectivity index is 1.71. The lowest BCUT2D eigenvalue weighted by atomic mass is 9.95. The summed E-state index contributed by atoms with van der Waals surface area (Å²) in [6.45, 7) is 1.10. The molecule has 0 aromatic carbocycles. The van der Waals surface area contributed by atoms with Crippen molar-refractivity contribution in [3.8, 4) is 11.5 Å². The smallest absolute Gasteiger partial charge is 0.211 e. The molecule has 0 spiro atoms. The number of nitrogens with zero attached hydrogens (tertiary/aromatic N) is 5. The number of aryl methyl sites for hydroxylation is 1. The van der Waals surface area contributed by atoms with Gasteiger partial charge in [-0.05, 0) is 12.8 Å². The number of hydrogen-bond donors (Lipinski definition) is 0. The van der Waals surface area contributed by atoms with Crippen LogP contribution in [0.15, 0.2) is 24.8 Å². The number of imidazole rings is 1. The highest BCUT2D eigenvalue weighted by molar-refractivity contribution is 7.88. The van der Waals surface area contributed by atoms with E-state index in [-0.39, 0.29) is 5.92 Å². The number of piperidine rings is 1. The van der Waals surface area contributed by atoms with E-state index in [1.807, 2.05) is 17.8 Å². The normalized spacial score (nSPS) is 17.7. The third kappa shape index (κ3) is 3.02. The van der Waals surface area contributed by atoms with Crippen molar-refractivity contribution < 1.29 is 8.42 Å². The topological polar surface area (TPSA) is 81.0 Å². The van der Waals surface area contributed by atoms with E-state index in [9.17, 15) is 8.42 Å². The summed E-state index contributed by atoms with van der Waals surface area (Å²) in [6.07, 6.45) is 9.94. The van der Waals surface area contributed by atoms with Crippen LogP contribution < -0.4 is 0 Å². The van der Waals surface area contributed by atoms with Crippen molar-refractivity contribution in [3.63, 3.8) is 0 Å². The van der Waals surface area contributed by atoms with E-state index in [1.54, 1.807) is 18.6 Å². The minimum Gasteiger partial charge on any atom is -0.333 e. The zero-order valence-corrected chi connectivity index (χ0v) is 13.5.